The van der Waals surface area contributed by atoms with Crippen molar-refractivity contribution in [3.05, 3.63) is 48.3 Å². The number of hydrogen-bond acceptors (Lipinski definition) is 6. The van der Waals surface area contributed by atoms with E-state index in [1.165, 1.54) is 4.90 Å². The number of benzene rings is 1. The molecule has 0 saturated carbocycles. The van der Waals surface area contributed by atoms with Crippen LogP contribution in [-0.4, -0.2) is 62.7 Å². The topological polar surface area (TPSA) is 111 Å². The summed E-state index contributed by atoms with van der Waals surface area (Å²) in [4.78, 5) is 13.6. The van der Waals surface area contributed by atoms with Crippen molar-refractivity contribution in [3.8, 4) is 0 Å². The summed E-state index contributed by atoms with van der Waals surface area (Å²) in [7, 11) is 0. The smallest absolute Gasteiger partial charge is 0.410 e. The number of carbonyl (C=O) groups is 1. The standard InChI is InChI=1S/C16H20N4O4/c21-14-9-20(16(23)24-10-11-4-2-1-3-5-11)8-13(15(14)22)19-12-6-17-18-7-12/h1-7,13-15,19,21-22H,8-10H2,(H,17,18)/t13-,14+,15-/m1/s1. The fourth-order valence-electron chi connectivity index (χ4n) is 2.66. The van der Waals surface area contributed by atoms with Gasteiger partial charge in [0.15, 0.2) is 0 Å². The van der Waals surface area contributed by atoms with Crippen molar-refractivity contribution >= 4 is 11.8 Å². The minimum Gasteiger partial charge on any atom is -0.445 e. The van der Waals surface area contributed by atoms with Crippen LogP contribution in [0.3, 0.4) is 0 Å². The number of piperidine rings is 1. The number of aliphatic hydroxyl groups is 2. The number of H-pyrrole nitrogens is 1. The van der Waals surface area contributed by atoms with Gasteiger partial charge in [-0.3, -0.25) is 5.10 Å². The number of rotatable bonds is 4. The molecule has 1 aromatic heterocycles. The first-order valence-electron chi connectivity index (χ1n) is 7.70. The minimum absolute atomic E-state index is 0.0261. The third-order valence-corrected chi connectivity index (χ3v) is 3.94. The maximum atomic E-state index is 12.2. The molecule has 1 amide bonds. The zero-order valence-electron chi connectivity index (χ0n) is 13.0. The summed E-state index contributed by atoms with van der Waals surface area (Å²) in [6, 6.07) is 8.84. The van der Waals surface area contributed by atoms with Gasteiger partial charge in [-0.05, 0) is 5.56 Å². The Morgan fingerprint density at radius 1 is 1.33 bits per heavy atom. The van der Waals surface area contributed by atoms with E-state index in [1.54, 1.807) is 12.4 Å². The van der Waals surface area contributed by atoms with Crippen molar-refractivity contribution < 1.29 is 19.7 Å². The number of hydrogen-bond donors (Lipinski definition) is 4. The number of anilines is 1. The minimum atomic E-state index is -1.05. The van der Waals surface area contributed by atoms with Crippen LogP contribution in [0.1, 0.15) is 5.56 Å². The molecule has 8 heteroatoms. The monoisotopic (exact) mass is 332 g/mol. The number of ether oxygens (including phenoxy) is 1. The van der Waals surface area contributed by atoms with Crippen LogP contribution in [0.5, 0.6) is 0 Å². The van der Waals surface area contributed by atoms with Crippen LogP contribution in [0.2, 0.25) is 0 Å². The van der Waals surface area contributed by atoms with Crippen molar-refractivity contribution in [1.29, 1.82) is 0 Å². The number of β-amino-alcohol motifs (C(OH)–C–C–N with tert-alkyl or cyclic N) is 1. The molecule has 4 N–H and O–H groups in total. The summed E-state index contributed by atoms with van der Waals surface area (Å²) in [6.07, 6.45) is 0.631. The highest BCUT2D eigenvalue weighted by Gasteiger charge is 2.37. The normalized spacial score (nSPS) is 23.8. The van der Waals surface area contributed by atoms with Crippen LogP contribution in [0.15, 0.2) is 42.7 Å². The van der Waals surface area contributed by atoms with E-state index in [9.17, 15) is 15.0 Å². The third kappa shape index (κ3) is 3.84. The van der Waals surface area contributed by atoms with E-state index < -0.39 is 24.3 Å². The van der Waals surface area contributed by atoms with Crippen LogP contribution in [0, 0.1) is 0 Å². The van der Waals surface area contributed by atoms with Gasteiger partial charge in [-0.1, -0.05) is 30.3 Å². The Hall–Kier alpha value is -2.58. The van der Waals surface area contributed by atoms with Crippen molar-refractivity contribution in [3.63, 3.8) is 0 Å². The average Bonchev–Trinajstić information content (AvgIpc) is 3.10. The summed E-state index contributed by atoms with van der Waals surface area (Å²) >= 11 is 0. The van der Waals surface area contributed by atoms with Gasteiger partial charge in [-0.15, -0.1) is 0 Å². The third-order valence-electron chi connectivity index (χ3n) is 3.94. The lowest BCUT2D eigenvalue weighted by Gasteiger charge is -2.39. The van der Waals surface area contributed by atoms with E-state index in [1.807, 2.05) is 30.3 Å². The second kappa shape index (κ2) is 7.33. The zero-order chi connectivity index (χ0) is 16.9. The summed E-state index contributed by atoms with van der Waals surface area (Å²) in [5, 5.41) is 29.7. The van der Waals surface area contributed by atoms with E-state index in [4.69, 9.17) is 4.74 Å². The van der Waals surface area contributed by atoms with E-state index in [0.717, 1.165) is 5.56 Å². The molecular weight excluding hydrogens is 312 g/mol. The van der Waals surface area contributed by atoms with Crippen LogP contribution < -0.4 is 5.32 Å². The maximum Gasteiger partial charge on any atom is 0.410 e. The number of likely N-dealkylation sites (tertiary alicyclic amines) is 1. The molecule has 3 rings (SSSR count). The Labute approximate surface area is 139 Å². The zero-order valence-corrected chi connectivity index (χ0v) is 13.0. The number of nitrogens with zero attached hydrogens (tertiary/aromatic N) is 2. The fraction of sp³-hybridized carbons (Fsp3) is 0.375. The molecule has 0 spiro atoms. The second-order valence-corrected chi connectivity index (χ2v) is 5.74. The van der Waals surface area contributed by atoms with Crippen molar-refractivity contribution in [1.82, 2.24) is 15.1 Å². The molecule has 2 aromatic rings. The van der Waals surface area contributed by atoms with Gasteiger partial charge in [0.05, 0.1) is 30.6 Å². The van der Waals surface area contributed by atoms with Crippen molar-refractivity contribution in [2.24, 2.45) is 0 Å². The lowest BCUT2D eigenvalue weighted by Crippen LogP contribution is -2.59. The molecule has 3 atom stereocenters. The molecule has 0 radical (unpaired) electrons. The molecule has 0 unspecified atom stereocenters. The summed E-state index contributed by atoms with van der Waals surface area (Å²) in [5.41, 5.74) is 1.56. The van der Waals surface area contributed by atoms with Gasteiger partial charge in [0.25, 0.3) is 0 Å². The number of carbonyl (C=O) groups excluding carboxylic acids is 1. The van der Waals surface area contributed by atoms with E-state index in [0.29, 0.717) is 5.69 Å². The van der Waals surface area contributed by atoms with E-state index >= 15 is 0 Å². The number of amides is 1. The molecule has 1 aromatic carbocycles. The summed E-state index contributed by atoms with van der Waals surface area (Å²) in [6.45, 7) is 0.407. The highest BCUT2D eigenvalue weighted by Crippen LogP contribution is 2.17. The van der Waals surface area contributed by atoms with Gasteiger partial charge in [-0.25, -0.2) is 4.79 Å². The quantitative estimate of drug-likeness (QED) is 0.651. The predicted molar refractivity (Wildman–Crippen MR) is 86.2 cm³/mol. The largest absolute Gasteiger partial charge is 0.445 e. The molecular formula is C16H20N4O4. The maximum absolute atomic E-state index is 12.2. The fourth-order valence-corrected chi connectivity index (χ4v) is 2.66. The number of aromatic nitrogens is 2. The molecule has 2 heterocycles. The van der Waals surface area contributed by atoms with Crippen LogP contribution in [0.4, 0.5) is 10.5 Å². The first-order chi connectivity index (χ1) is 11.6. The SMILES string of the molecule is O=C(OCc1ccccc1)N1C[C@H](O)[C@H](O)[C@H](Nc2cn[nH]c2)C1. The van der Waals surface area contributed by atoms with Gasteiger partial charge in [0.2, 0.25) is 0 Å². The Morgan fingerprint density at radius 3 is 2.83 bits per heavy atom. The van der Waals surface area contributed by atoms with Crippen molar-refractivity contribution in [2.75, 3.05) is 18.4 Å². The molecule has 1 saturated heterocycles. The Morgan fingerprint density at radius 2 is 2.12 bits per heavy atom. The number of nitrogens with one attached hydrogen (secondary N) is 2. The Balaban J connectivity index is 1.59. The molecule has 24 heavy (non-hydrogen) atoms. The molecule has 0 aliphatic carbocycles. The van der Waals surface area contributed by atoms with Crippen LogP contribution in [0.25, 0.3) is 0 Å². The predicted octanol–water partition coefficient (Wildman–Crippen LogP) is 0.564. The molecule has 1 fully saturated rings. The average molecular weight is 332 g/mol. The van der Waals surface area contributed by atoms with Gasteiger partial charge in [0, 0.05) is 12.7 Å². The highest BCUT2D eigenvalue weighted by atomic mass is 16.6. The van der Waals surface area contributed by atoms with Gasteiger partial charge >= 0.3 is 6.09 Å². The van der Waals surface area contributed by atoms with E-state index in [2.05, 4.69) is 15.5 Å². The van der Waals surface area contributed by atoms with Gasteiger partial charge < -0.3 is 25.2 Å². The molecule has 1 aliphatic rings. The number of aliphatic hydroxyl groups excluding tert-OH is 2. The second-order valence-electron chi connectivity index (χ2n) is 5.74. The molecule has 0 bridgehead atoms. The lowest BCUT2D eigenvalue weighted by molar-refractivity contribution is -0.0440. The van der Waals surface area contributed by atoms with Gasteiger partial charge in [-0.2, -0.15) is 5.10 Å². The Bertz CT molecular complexity index is 649. The first-order valence-corrected chi connectivity index (χ1v) is 7.70. The van der Waals surface area contributed by atoms with Crippen molar-refractivity contribution in [2.45, 2.75) is 24.9 Å². The lowest BCUT2D eigenvalue weighted by atomic mass is 9.99. The van der Waals surface area contributed by atoms with Crippen LogP contribution >= 0.6 is 0 Å². The first kappa shape index (κ1) is 16.3. The molecule has 8 nitrogen and oxygen atoms in total. The van der Waals surface area contributed by atoms with Crippen LogP contribution in [-0.2, 0) is 11.3 Å². The Kier molecular flexibility index (Phi) is 4.97. The summed E-state index contributed by atoms with van der Waals surface area (Å²) in [5.74, 6) is 0. The van der Waals surface area contributed by atoms with Gasteiger partial charge in [0.1, 0.15) is 12.7 Å². The highest BCUT2D eigenvalue weighted by molar-refractivity contribution is 5.68. The summed E-state index contributed by atoms with van der Waals surface area (Å²) < 4.78 is 5.28. The number of aromatic amines is 1. The van der Waals surface area contributed by atoms with E-state index in [-0.39, 0.29) is 19.7 Å². The molecule has 128 valence electrons. The molecule has 1 aliphatic heterocycles.